The molecule has 0 aliphatic heterocycles. The predicted molar refractivity (Wildman–Crippen MR) is 90.5 cm³/mol. The van der Waals surface area contributed by atoms with Crippen LogP contribution < -0.4 is 22.9 Å². The lowest BCUT2D eigenvalue weighted by Crippen LogP contribution is -3.00. The van der Waals surface area contributed by atoms with Crippen molar-refractivity contribution in [3.05, 3.63) is 64.7 Å². The minimum absolute atomic E-state index is 0. The normalized spacial score (nSPS) is 12.6. The van der Waals surface area contributed by atoms with Crippen LogP contribution in [0.25, 0.3) is 0 Å². The van der Waals surface area contributed by atoms with Crippen LogP contribution in [0.4, 0.5) is 0 Å². The number of benzene rings is 2. The first-order chi connectivity index (χ1) is 11.5. The Bertz CT molecular complexity index is 682. The van der Waals surface area contributed by atoms with Gasteiger partial charge in [-0.25, -0.2) is 4.79 Å². The lowest BCUT2D eigenvalue weighted by Gasteiger charge is -2.16. The standard InChI is InChI=1S/C18H20ClNO4.ClH/c1-2-23-18(22)16(20)17(21)13-8-9-15(14(19)10-13)24-11-12-6-4-3-5-7-12;/h3-10,16-17,21H,2,11,20H2,1H3;1H/t16-,17-;/m1./s1. The smallest absolute Gasteiger partial charge is 0.367 e. The van der Waals surface area contributed by atoms with Crippen molar-refractivity contribution in [2.24, 2.45) is 0 Å². The van der Waals surface area contributed by atoms with E-state index in [0.29, 0.717) is 22.9 Å². The van der Waals surface area contributed by atoms with Crippen molar-refractivity contribution in [1.29, 1.82) is 0 Å². The number of aliphatic hydroxyl groups is 1. The fraction of sp³-hybridized carbons (Fsp3) is 0.278. The lowest BCUT2D eigenvalue weighted by molar-refractivity contribution is -0.426. The van der Waals surface area contributed by atoms with E-state index in [9.17, 15) is 9.90 Å². The van der Waals surface area contributed by atoms with Gasteiger partial charge in [-0.05, 0) is 30.2 Å². The topological polar surface area (TPSA) is 83.4 Å². The van der Waals surface area contributed by atoms with Gasteiger partial charge in [0.1, 0.15) is 18.5 Å². The number of aliphatic hydroxyl groups excluding tert-OH is 1. The summed E-state index contributed by atoms with van der Waals surface area (Å²) in [6.45, 7) is 2.33. The number of hydrogen-bond donors (Lipinski definition) is 2. The van der Waals surface area contributed by atoms with Gasteiger partial charge in [-0.1, -0.05) is 48.0 Å². The highest BCUT2D eigenvalue weighted by Gasteiger charge is 2.29. The summed E-state index contributed by atoms with van der Waals surface area (Å²) in [5, 5.41) is 10.6. The molecule has 0 spiro atoms. The molecule has 2 aromatic rings. The van der Waals surface area contributed by atoms with Gasteiger partial charge in [0.15, 0.2) is 0 Å². The molecule has 0 aromatic heterocycles. The first kappa shape index (κ1) is 21.3. The van der Waals surface area contributed by atoms with Crippen molar-refractivity contribution in [2.75, 3.05) is 6.61 Å². The quantitative estimate of drug-likeness (QED) is 0.607. The summed E-state index contributed by atoms with van der Waals surface area (Å²) in [6, 6.07) is 13.7. The molecule has 0 fully saturated rings. The molecule has 136 valence electrons. The highest BCUT2D eigenvalue weighted by molar-refractivity contribution is 6.32. The number of ether oxygens (including phenoxy) is 2. The molecule has 5 nitrogen and oxygen atoms in total. The largest absolute Gasteiger partial charge is 1.00 e. The van der Waals surface area contributed by atoms with Gasteiger partial charge in [-0.15, -0.1) is 0 Å². The summed E-state index contributed by atoms with van der Waals surface area (Å²) in [5.41, 5.74) is 5.17. The minimum atomic E-state index is -1.09. The van der Waals surface area contributed by atoms with Crippen LogP contribution in [-0.2, 0) is 16.1 Å². The van der Waals surface area contributed by atoms with Gasteiger partial charge in [0.05, 0.1) is 11.6 Å². The summed E-state index contributed by atoms with van der Waals surface area (Å²) in [7, 11) is 0. The van der Waals surface area contributed by atoms with Crippen LogP contribution in [0.3, 0.4) is 0 Å². The highest BCUT2D eigenvalue weighted by Crippen LogP contribution is 2.29. The average Bonchev–Trinajstić information content (AvgIpc) is 2.60. The van der Waals surface area contributed by atoms with Gasteiger partial charge in [-0.2, -0.15) is 0 Å². The molecule has 2 aromatic carbocycles. The number of rotatable bonds is 7. The molecule has 0 saturated heterocycles. The molecule has 0 bridgehead atoms. The van der Waals surface area contributed by atoms with E-state index in [2.05, 4.69) is 5.73 Å². The van der Waals surface area contributed by atoms with E-state index >= 15 is 0 Å². The predicted octanol–water partition coefficient (Wildman–Crippen LogP) is -0.870. The molecule has 0 saturated carbocycles. The van der Waals surface area contributed by atoms with Gasteiger partial charge in [0, 0.05) is 0 Å². The number of halogens is 2. The van der Waals surface area contributed by atoms with Crippen LogP contribution >= 0.6 is 11.6 Å². The summed E-state index contributed by atoms with van der Waals surface area (Å²) in [5.74, 6) is -0.0428. The Labute approximate surface area is 158 Å². The summed E-state index contributed by atoms with van der Waals surface area (Å²) in [6.07, 6.45) is -1.09. The molecule has 0 unspecified atom stereocenters. The van der Waals surface area contributed by atoms with Crippen LogP contribution in [0.2, 0.25) is 5.02 Å². The molecule has 4 N–H and O–H groups in total. The molecule has 25 heavy (non-hydrogen) atoms. The van der Waals surface area contributed by atoms with Gasteiger partial charge >= 0.3 is 5.97 Å². The molecule has 0 aliphatic rings. The molecule has 7 heteroatoms. The maximum absolute atomic E-state index is 11.7. The number of quaternary nitrogens is 1. The summed E-state index contributed by atoms with van der Waals surface area (Å²) < 4.78 is 10.6. The minimum Gasteiger partial charge on any atom is -1.00 e. The second-order valence-electron chi connectivity index (χ2n) is 5.27. The Hall–Kier alpha value is -1.79. The van der Waals surface area contributed by atoms with Crippen molar-refractivity contribution in [3.63, 3.8) is 0 Å². The Morgan fingerprint density at radius 3 is 2.52 bits per heavy atom. The number of hydrogen-bond acceptors (Lipinski definition) is 4. The monoisotopic (exact) mass is 385 g/mol. The van der Waals surface area contributed by atoms with E-state index in [1.54, 1.807) is 25.1 Å². The first-order valence-corrected chi connectivity index (χ1v) is 8.04. The second kappa shape index (κ2) is 10.3. The number of carbonyl (C=O) groups excluding carboxylic acids is 1. The highest BCUT2D eigenvalue weighted by atomic mass is 35.5. The fourth-order valence-electron chi connectivity index (χ4n) is 2.16. The average molecular weight is 386 g/mol. The van der Waals surface area contributed by atoms with Crippen molar-refractivity contribution >= 4 is 17.6 Å². The lowest BCUT2D eigenvalue weighted by atomic mass is 10.0. The maximum Gasteiger partial charge on any atom is 0.367 e. The van der Waals surface area contributed by atoms with Gasteiger partial charge in [0.2, 0.25) is 6.04 Å². The van der Waals surface area contributed by atoms with Crippen LogP contribution in [0, 0.1) is 0 Å². The van der Waals surface area contributed by atoms with Gasteiger partial charge in [-0.3, -0.25) is 0 Å². The van der Waals surface area contributed by atoms with Crippen LogP contribution in [-0.4, -0.2) is 23.7 Å². The zero-order valence-electron chi connectivity index (χ0n) is 13.8. The van der Waals surface area contributed by atoms with Crippen molar-refractivity contribution in [2.45, 2.75) is 25.7 Å². The Balaban J connectivity index is 0.00000312. The number of esters is 1. The van der Waals surface area contributed by atoms with Crippen molar-refractivity contribution in [3.8, 4) is 5.75 Å². The molecule has 0 radical (unpaired) electrons. The second-order valence-corrected chi connectivity index (χ2v) is 5.67. The van der Waals surface area contributed by atoms with Crippen molar-refractivity contribution < 1.29 is 37.5 Å². The third-order valence-electron chi connectivity index (χ3n) is 3.51. The molecule has 0 amide bonds. The Kier molecular flexibility index (Phi) is 8.72. The van der Waals surface area contributed by atoms with Crippen LogP contribution in [0.5, 0.6) is 5.75 Å². The SMILES string of the molecule is CCOC(=O)[C@H]([NH3+])[C@H](O)c1ccc(OCc2ccccc2)c(Cl)c1.[Cl-]. The molecular weight excluding hydrogens is 365 g/mol. The van der Waals surface area contributed by atoms with E-state index in [-0.39, 0.29) is 19.0 Å². The van der Waals surface area contributed by atoms with Gasteiger partial charge < -0.3 is 32.7 Å². The summed E-state index contributed by atoms with van der Waals surface area (Å²) in [4.78, 5) is 11.7. The zero-order chi connectivity index (χ0) is 17.5. The van der Waals surface area contributed by atoms with E-state index in [4.69, 9.17) is 21.1 Å². The zero-order valence-corrected chi connectivity index (χ0v) is 15.3. The molecule has 0 aliphatic carbocycles. The van der Waals surface area contributed by atoms with E-state index in [1.807, 2.05) is 30.3 Å². The third-order valence-corrected chi connectivity index (χ3v) is 3.80. The van der Waals surface area contributed by atoms with E-state index in [0.717, 1.165) is 5.56 Å². The van der Waals surface area contributed by atoms with Crippen LogP contribution in [0.15, 0.2) is 48.5 Å². The Morgan fingerprint density at radius 2 is 1.92 bits per heavy atom. The van der Waals surface area contributed by atoms with E-state index in [1.165, 1.54) is 0 Å². The van der Waals surface area contributed by atoms with Gasteiger partial charge in [0.25, 0.3) is 0 Å². The van der Waals surface area contributed by atoms with Crippen LogP contribution in [0.1, 0.15) is 24.2 Å². The number of carbonyl (C=O) groups is 1. The fourth-order valence-corrected chi connectivity index (χ4v) is 2.41. The molecule has 2 atom stereocenters. The first-order valence-electron chi connectivity index (χ1n) is 7.67. The Morgan fingerprint density at radius 1 is 1.24 bits per heavy atom. The summed E-state index contributed by atoms with van der Waals surface area (Å²) >= 11 is 6.21. The van der Waals surface area contributed by atoms with Crippen molar-refractivity contribution in [1.82, 2.24) is 0 Å². The maximum atomic E-state index is 11.7. The molecular formula is C18H21Cl2NO4. The third kappa shape index (κ3) is 5.90. The molecule has 0 heterocycles. The van der Waals surface area contributed by atoms with E-state index < -0.39 is 18.1 Å². The molecule has 2 rings (SSSR count).